The lowest BCUT2D eigenvalue weighted by atomic mass is 9.83. The van der Waals surface area contributed by atoms with Crippen molar-refractivity contribution in [1.29, 1.82) is 0 Å². The minimum atomic E-state index is -3.12. The molecule has 1 aliphatic rings. The molecule has 0 aromatic rings. The lowest BCUT2D eigenvalue weighted by molar-refractivity contribution is 0.0265. The van der Waals surface area contributed by atoms with E-state index in [0.717, 1.165) is 39.0 Å². The summed E-state index contributed by atoms with van der Waals surface area (Å²) in [4.78, 5) is 0. The molecular weight excluding hydrogens is 252 g/mol. The first-order chi connectivity index (χ1) is 8.47. The van der Waals surface area contributed by atoms with Crippen LogP contribution in [0.15, 0.2) is 0 Å². The van der Waals surface area contributed by atoms with E-state index in [2.05, 4.69) is 17.0 Å². The highest BCUT2D eigenvalue weighted by atomic mass is 32.2. The normalized spacial score (nSPS) is 19.9. The van der Waals surface area contributed by atoms with Crippen molar-refractivity contribution in [2.75, 3.05) is 39.1 Å². The van der Waals surface area contributed by atoms with Crippen LogP contribution in [0.3, 0.4) is 0 Å². The van der Waals surface area contributed by atoms with Gasteiger partial charge in [-0.3, -0.25) is 0 Å². The van der Waals surface area contributed by atoms with Crippen molar-refractivity contribution in [3.05, 3.63) is 0 Å². The Labute approximate surface area is 111 Å². The van der Waals surface area contributed by atoms with E-state index in [4.69, 9.17) is 4.74 Å². The van der Waals surface area contributed by atoms with Crippen molar-refractivity contribution in [3.63, 3.8) is 0 Å². The molecule has 18 heavy (non-hydrogen) atoms. The van der Waals surface area contributed by atoms with Crippen LogP contribution in [0.5, 0.6) is 0 Å². The summed E-state index contributed by atoms with van der Waals surface area (Å²) < 4.78 is 31.7. The van der Waals surface area contributed by atoms with Crippen molar-refractivity contribution in [1.82, 2.24) is 10.0 Å². The van der Waals surface area contributed by atoms with Crippen LogP contribution in [0.1, 0.15) is 32.6 Å². The third-order valence-corrected chi connectivity index (χ3v) is 4.92. The minimum Gasteiger partial charge on any atom is -0.381 e. The van der Waals surface area contributed by atoms with Gasteiger partial charge < -0.3 is 10.1 Å². The van der Waals surface area contributed by atoms with Crippen LogP contribution in [0, 0.1) is 5.41 Å². The van der Waals surface area contributed by atoms with Crippen LogP contribution in [-0.2, 0) is 14.8 Å². The van der Waals surface area contributed by atoms with Crippen LogP contribution in [-0.4, -0.2) is 47.5 Å². The Morgan fingerprint density at radius 3 is 2.50 bits per heavy atom. The second-order valence-electron chi connectivity index (χ2n) is 5.37. The number of hydrogen-bond donors (Lipinski definition) is 2. The standard InChI is InChI=1S/C12H26N2O3S/c1-12(5-8-17-9-6-12)11-14-18(15,16)10-4-3-7-13-2/h13-14H,3-11H2,1-2H3. The molecule has 1 heterocycles. The van der Waals surface area contributed by atoms with E-state index in [9.17, 15) is 8.42 Å². The molecule has 0 saturated carbocycles. The van der Waals surface area contributed by atoms with E-state index in [1.807, 2.05) is 7.05 Å². The van der Waals surface area contributed by atoms with E-state index in [1.165, 1.54) is 0 Å². The monoisotopic (exact) mass is 278 g/mol. The Balaban J connectivity index is 2.27. The van der Waals surface area contributed by atoms with Gasteiger partial charge in [0.15, 0.2) is 0 Å². The van der Waals surface area contributed by atoms with E-state index in [1.54, 1.807) is 0 Å². The summed E-state index contributed by atoms with van der Waals surface area (Å²) in [6.45, 7) is 5.00. The first kappa shape index (κ1) is 15.9. The van der Waals surface area contributed by atoms with Crippen LogP contribution in [0.4, 0.5) is 0 Å². The van der Waals surface area contributed by atoms with Gasteiger partial charge in [0.05, 0.1) is 5.75 Å². The maximum absolute atomic E-state index is 11.8. The van der Waals surface area contributed by atoms with Gasteiger partial charge >= 0.3 is 0 Å². The third-order valence-electron chi connectivity index (χ3n) is 3.51. The Morgan fingerprint density at radius 2 is 1.89 bits per heavy atom. The molecule has 0 radical (unpaired) electrons. The van der Waals surface area contributed by atoms with Crippen molar-refractivity contribution >= 4 is 10.0 Å². The fourth-order valence-electron chi connectivity index (χ4n) is 1.99. The summed E-state index contributed by atoms with van der Waals surface area (Å²) >= 11 is 0. The Morgan fingerprint density at radius 1 is 1.22 bits per heavy atom. The average Bonchev–Trinajstić information content (AvgIpc) is 2.34. The molecule has 0 amide bonds. The molecule has 1 saturated heterocycles. The summed E-state index contributed by atoms with van der Waals surface area (Å²) in [6, 6.07) is 0. The van der Waals surface area contributed by atoms with E-state index >= 15 is 0 Å². The van der Waals surface area contributed by atoms with Gasteiger partial charge in [-0.1, -0.05) is 6.92 Å². The fraction of sp³-hybridized carbons (Fsp3) is 1.00. The van der Waals surface area contributed by atoms with Crippen LogP contribution < -0.4 is 10.0 Å². The summed E-state index contributed by atoms with van der Waals surface area (Å²) in [7, 11) is -1.24. The van der Waals surface area contributed by atoms with E-state index < -0.39 is 10.0 Å². The zero-order valence-corrected chi connectivity index (χ0v) is 12.3. The molecule has 0 bridgehead atoms. The largest absolute Gasteiger partial charge is 0.381 e. The fourth-order valence-corrected chi connectivity index (χ4v) is 3.29. The quantitative estimate of drug-likeness (QED) is 0.642. The first-order valence-corrected chi connectivity index (χ1v) is 8.32. The molecule has 0 aromatic carbocycles. The zero-order valence-electron chi connectivity index (χ0n) is 11.5. The summed E-state index contributed by atoms with van der Waals surface area (Å²) in [5.41, 5.74) is 0.0519. The molecule has 0 aromatic heterocycles. The van der Waals surface area contributed by atoms with E-state index in [-0.39, 0.29) is 11.2 Å². The molecule has 1 rings (SSSR count). The Hall–Kier alpha value is -0.170. The molecule has 5 nitrogen and oxygen atoms in total. The van der Waals surface area contributed by atoms with Gasteiger partial charge in [-0.25, -0.2) is 13.1 Å². The van der Waals surface area contributed by atoms with Crippen molar-refractivity contribution < 1.29 is 13.2 Å². The lowest BCUT2D eigenvalue weighted by Gasteiger charge is -2.33. The maximum atomic E-state index is 11.8. The number of nitrogens with one attached hydrogen (secondary N) is 2. The summed E-state index contributed by atoms with van der Waals surface area (Å²) in [5.74, 6) is 0.223. The number of unbranched alkanes of at least 4 members (excludes halogenated alkanes) is 1. The van der Waals surface area contributed by atoms with Crippen molar-refractivity contribution in [2.45, 2.75) is 32.6 Å². The SMILES string of the molecule is CNCCCCS(=O)(=O)NCC1(C)CCOCC1. The van der Waals surface area contributed by atoms with Crippen molar-refractivity contribution in [3.8, 4) is 0 Å². The molecule has 0 atom stereocenters. The smallest absolute Gasteiger partial charge is 0.211 e. The molecule has 1 aliphatic heterocycles. The zero-order chi connectivity index (χ0) is 13.5. The van der Waals surface area contributed by atoms with Gasteiger partial charge in [0.1, 0.15) is 0 Å². The van der Waals surface area contributed by atoms with Gasteiger partial charge in [0, 0.05) is 19.8 Å². The third kappa shape index (κ3) is 6.13. The lowest BCUT2D eigenvalue weighted by Crippen LogP contribution is -2.40. The Bertz CT molecular complexity index is 324. The van der Waals surface area contributed by atoms with Crippen molar-refractivity contribution in [2.24, 2.45) is 5.41 Å². The van der Waals surface area contributed by atoms with Gasteiger partial charge in [0.25, 0.3) is 0 Å². The summed E-state index contributed by atoms with van der Waals surface area (Å²) in [6.07, 6.45) is 3.45. The minimum absolute atomic E-state index is 0.0519. The highest BCUT2D eigenvalue weighted by Gasteiger charge is 2.28. The van der Waals surface area contributed by atoms with Gasteiger partial charge in [-0.15, -0.1) is 0 Å². The van der Waals surface area contributed by atoms with Gasteiger partial charge in [-0.2, -0.15) is 0 Å². The van der Waals surface area contributed by atoms with E-state index in [0.29, 0.717) is 13.0 Å². The summed E-state index contributed by atoms with van der Waals surface area (Å²) in [5, 5.41) is 3.01. The Kier molecular flexibility index (Phi) is 6.55. The molecule has 108 valence electrons. The topological polar surface area (TPSA) is 67.4 Å². The van der Waals surface area contributed by atoms with Gasteiger partial charge in [-0.05, 0) is 44.7 Å². The van der Waals surface area contributed by atoms with Crippen LogP contribution in [0.2, 0.25) is 0 Å². The first-order valence-electron chi connectivity index (χ1n) is 6.67. The molecule has 2 N–H and O–H groups in total. The molecule has 6 heteroatoms. The molecule has 1 fully saturated rings. The number of sulfonamides is 1. The number of ether oxygens (including phenoxy) is 1. The highest BCUT2D eigenvalue weighted by Crippen LogP contribution is 2.28. The number of rotatable bonds is 8. The average molecular weight is 278 g/mol. The maximum Gasteiger partial charge on any atom is 0.211 e. The predicted octanol–water partition coefficient (Wildman–Crippen LogP) is 0.722. The number of hydrogen-bond acceptors (Lipinski definition) is 4. The van der Waals surface area contributed by atoms with Gasteiger partial charge in [0.2, 0.25) is 10.0 Å². The predicted molar refractivity (Wildman–Crippen MR) is 73.1 cm³/mol. The molecule has 0 spiro atoms. The molecule has 0 unspecified atom stereocenters. The second kappa shape index (κ2) is 7.43. The van der Waals surface area contributed by atoms with Crippen LogP contribution in [0.25, 0.3) is 0 Å². The van der Waals surface area contributed by atoms with Crippen LogP contribution >= 0.6 is 0 Å². The molecule has 0 aliphatic carbocycles. The highest BCUT2D eigenvalue weighted by molar-refractivity contribution is 7.89. The molecular formula is C12H26N2O3S. The second-order valence-corrected chi connectivity index (χ2v) is 7.30.